The van der Waals surface area contributed by atoms with Gasteiger partial charge in [0.1, 0.15) is 6.04 Å². The molecule has 0 aromatic heterocycles. The van der Waals surface area contributed by atoms with Crippen LogP contribution in [-0.2, 0) is 9.53 Å². The summed E-state index contributed by atoms with van der Waals surface area (Å²) in [6, 6.07) is -0.154. The zero-order chi connectivity index (χ0) is 7.40. The molecule has 1 aliphatic heterocycles. The number of rotatable bonds is 1. The summed E-state index contributed by atoms with van der Waals surface area (Å²) in [5.41, 5.74) is 0. The van der Waals surface area contributed by atoms with Crippen molar-refractivity contribution in [2.24, 2.45) is 0 Å². The summed E-state index contributed by atoms with van der Waals surface area (Å²) in [6.45, 7) is 2.43. The van der Waals surface area contributed by atoms with Gasteiger partial charge in [0.05, 0.1) is 7.11 Å². The first-order valence-corrected chi connectivity index (χ1v) is 3.36. The van der Waals surface area contributed by atoms with E-state index in [2.05, 4.69) is 15.4 Å². The standard InChI is InChI=1S/C6H12N2O2.ClH/c1-10-6(9)5-4-7-2-3-8-5;/h5,7-8H,2-4H2,1H3;1H. The number of carbonyl (C=O) groups excluding carboxylic acids is 1. The maximum absolute atomic E-state index is 10.8. The summed E-state index contributed by atoms with van der Waals surface area (Å²) in [7, 11) is 1.40. The van der Waals surface area contributed by atoms with E-state index in [1.54, 1.807) is 0 Å². The molecule has 1 fully saturated rings. The van der Waals surface area contributed by atoms with E-state index in [-0.39, 0.29) is 24.4 Å². The fourth-order valence-corrected chi connectivity index (χ4v) is 0.962. The van der Waals surface area contributed by atoms with Gasteiger partial charge >= 0.3 is 5.97 Å². The van der Waals surface area contributed by atoms with Crippen LogP contribution in [0.1, 0.15) is 0 Å². The average molecular weight is 181 g/mol. The Bertz CT molecular complexity index is 126. The first-order chi connectivity index (χ1) is 4.84. The number of halogens is 1. The predicted molar refractivity (Wildman–Crippen MR) is 43.9 cm³/mol. The van der Waals surface area contributed by atoms with Crippen molar-refractivity contribution in [2.75, 3.05) is 26.7 Å². The highest BCUT2D eigenvalue weighted by atomic mass is 35.5. The molecule has 1 unspecified atom stereocenters. The van der Waals surface area contributed by atoms with Crippen molar-refractivity contribution in [1.82, 2.24) is 10.6 Å². The van der Waals surface area contributed by atoms with Crippen molar-refractivity contribution < 1.29 is 9.53 Å². The van der Waals surface area contributed by atoms with Crippen molar-refractivity contribution in [1.29, 1.82) is 0 Å². The first-order valence-electron chi connectivity index (χ1n) is 3.36. The van der Waals surface area contributed by atoms with E-state index in [0.29, 0.717) is 6.54 Å². The summed E-state index contributed by atoms with van der Waals surface area (Å²) in [6.07, 6.45) is 0. The molecule has 1 aliphatic rings. The van der Waals surface area contributed by atoms with Gasteiger partial charge in [0.25, 0.3) is 0 Å². The van der Waals surface area contributed by atoms with Crippen molar-refractivity contribution in [3.63, 3.8) is 0 Å². The van der Waals surface area contributed by atoms with Crippen LogP contribution in [0.2, 0.25) is 0 Å². The van der Waals surface area contributed by atoms with Gasteiger partial charge in [0.15, 0.2) is 0 Å². The molecule has 0 saturated carbocycles. The van der Waals surface area contributed by atoms with Crippen LogP contribution in [0.3, 0.4) is 0 Å². The highest BCUT2D eigenvalue weighted by molar-refractivity contribution is 5.85. The monoisotopic (exact) mass is 180 g/mol. The van der Waals surface area contributed by atoms with Crippen LogP contribution in [0.25, 0.3) is 0 Å². The molecule has 0 spiro atoms. The average Bonchev–Trinajstić information content (AvgIpc) is 2.05. The Hall–Kier alpha value is -0.320. The van der Waals surface area contributed by atoms with E-state index in [4.69, 9.17) is 0 Å². The lowest BCUT2D eigenvalue weighted by Crippen LogP contribution is -2.52. The molecule has 11 heavy (non-hydrogen) atoms. The Morgan fingerprint density at radius 2 is 2.27 bits per heavy atom. The Morgan fingerprint density at radius 3 is 2.73 bits per heavy atom. The smallest absolute Gasteiger partial charge is 0.324 e. The van der Waals surface area contributed by atoms with Crippen molar-refractivity contribution in [2.45, 2.75) is 6.04 Å². The third-order valence-electron chi connectivity index (χ3n) is 1.53. The maximum atomic E-state index is 10.8. The van der Waals surface area contributed by atoms with Gasteiger partial charge in [-0.3, -0.25) is 4.79 Å². The van der Waals surface area contributed by atoms with Gasteiger partial charge in [-0.1, -0.05) is 0 Å². The zero-order valence-corrected chi connectivity index (χ0v) is 7.24. The third kappa shape index (κ3) is 3.05. The number of carbonyl (C=O) groups is 1. The molecule has 4 nitrogen and oxygen atoms in total. The second-order valence-electron chi connectivity index (χ2n) is 2.23. The minimum Gasteiger partial charge on any atom is -0.468 e. The molecule has 1 atom stereocenters. The van der Waals surface area contributed by atoms with Crippen molar-refractivity contribution >= 4 is 18.4 Å². The van der Waals surface area contributed by atoms with Gasteiger partial charge in [-0.25, -0.2) is 0 Å². The molecule has 1 heterocycles. The molecular formula is C6H13ClN2O2. The molecule has 0 aromatic carbocycles. The Balaban J connectivity index is 0.000001000. The largest absolute Gasteiger partial charge is 0.468 e. The van der Waals surface area contributed by atoms with Gasteiger partial charge in [0.2, 0.25) is 0 Å². The molecule has 0 aliphatic carbocycles. The second-order valence-corrected chi connectivity index (χ2v) is 2.23. The van der Waals surface area contributed by atoms with Gasteiger partial charge in [-0.2, -0.15) is 0 Å². The molecular weight excluding hydrogens is 168 g/mol. The molecule has 0 amide bonds. The first kappa shape index (κ1) is 10.7. The van der Waals surface area contributed by atoms with Crippen molar-refractivity contribution in [3.05, 3.63) is 0 Å². The number of methoxy groups -OCH3 is 1. The van der Waals surface area contributed by atoms with Gasteiger partial charge in [-0.05, 0) is 0 Å². The van der Waals surface area contributed by atoms with Crippen LogP contribution in [0.5, 0.6) is 0 Å². The normalized spacial score (nSPS) is 23.5. The van der Waals surface area contributed by atoms with E-state index in [1.165, 1.54) is 7.11 Å². The number of hydrogen-bond acceptors (Lipinski definition) is 4. The summed E-state index contributed by atoms with van der Waals surface area (Å²) < 4.78 is 4.55. The minimum atomic E-state index is -0.188. The predicted octanol–water partition coefficient (Wildman–Crippen LogP) is -0.857. The molecule has 5 heteroatoms. The molecule has 0 aromatic rings. The summed E-state index contributed by atoms with van der Waals surface area (Å²) >= 11 is 0. The van der Waals surface area contributed by atoms with Crippen LogP contribution >= 0.6 is 12.4 Å². The molecule has 0 radical (unpaired) electrons. The molecule has 1 rings (SSSR count). The van der Waals surface area contributed by atoms with Crippen LogP contribution in [0.15, 0.2) is 0 Å². The SMILES string of the molecule is COC(=O)C1CNCCN1.Cl. The lowest BCUT2D eigenvalue weighted by molar-refractivity contribution is -0.143. The minimum absolute atomic E-state index is 0. The Labute approximate surface area is 72.1 Å². The number of hydrogen-bond donors (Lipinski definition) is 2. The van der Waals surface area contributed by atoms with E-state index in [9.17, 15) is 4.79 Å². The van der Waals surface area contributed by atoms with Gasteiger partial charge in [-0.15, -0.1) is 12.4 Å². The van der Waals surface area contributed by atoms with Crippen LogP contribution in [0, 0.1) is 0 Å². The Kier molecular flexibility index (Phi) is 5.19. The number of piperazine rings is 1. The highest BCUT2D eigenvalue weighted by Crippen LogP contribution is 1.88. The fourth-order valence-electron chi connectivity index (χ4n) is 0.962. The lowest BCUT2D eigenvalue weighted by atomic mass is 10.2. The molecule has 0 bridgehead atoms. The third-order valence-corrected chi connectivity index (χ3v) is 1.53. The van der Waals surface area contributed by atoms with Gasteiger partial charge in [0, 0.05) is 19.6 Å². The van der Waals surface area contributed by atoms with E-state index in [0.717, 1.165) is 13.1 Å². The van der Waals surface area contributed by atoms with Crippen molar-refractivity contribution in [3.8, 4) is 0 Å². The number of esters is 1. The van der Waals surface area contributed by atoms with Crippen LogP contribution in [-0.4, -0.2) is 38.8 Å². The summed E-state index contributed by atoms with van der Waals surface area (Å²) in [4.78, 5) is 10.8. The lowest BCUT2D eigenvalue weighted by Gasteiger charge is -2.21. The van der Waals surface area contributed by atoms with Crippen LogP contribution in [0.4, 0.5) is 0 Å². The molecule has 1 saturated heterocycles. The Morgan fingerprint density at radius 1 is 1.55 bits per heavy atom. The van der Waals surface area contributed by atoms with E-state index in [1.807, 2.05) is 0 Å². The quantitative estimate of drug-likeness (QED) is 0.516. The highest BCUT2D eigenvalue weighted by Gasteiger charge is 2.19. The fraction of sp³-hybridized carbons (Fsp3) is 0.833. The summed E-state index contributed by atoms with van der Waals surface area (Å²) in [5, 5.41) is 6.12. The number of nitrogens with one attached hydrogen (secondary N) is 2. The number of ether oxygens (including phenoxy) is 1. The topological polar surface area (TPSA) is 50.4 Å². The second kappa shape index (κ2) is 5.35. The van der Waals surface area contributed by atoms with E-state index >= 15 is 0 Å². The van der Waals surface area contributed by atoms with Crippen LogP contribution < -0.4 is 10.6 Å². The summed E-state index contributed by atoms with van der Waals surface area (Å²) in [5.74, 6) is -0.188. The molecule has 2 N–H and O–H groups in total. The zero-order valence-electron chi connectivity index (χ0n) is 6.42. The maximum Gasteiger partial charge on any atom is 0.324 e. The van der Waals surface area contributed by atoms with Gasteiger partial charge < -0.3 is 15.4 Å². The molecule has 66 valence electrons. The van der Waals surface area contributed by atoms with E-state index < -0.39 is 0 Å².